The minimum Gasteiger partial charge on any atom is -0.466 e. The molecule has 2 rings (SSSR count). The van der Waals surface area contributed by atoms with Crippen LogP contribution in [0, 0.1) is 0 Å². The molecule has 1 unspecified atom stereocenters. The number of nitrogens with one attached hydrogen (secondary N) is 2. The SMILES string of the molecule is COc1n[nH]c(NC(=O)C2COCCO2)n1. The summed E-state index contributed by atoms with van der Waals surface area (Å²) in [5.74, 6) is -0.102. The lowest BCUT2D eigenvalue weighted by molar-refractivity contribution is -0.142. The molecule has 0 spiro atoms. The van der Waals surface area contributed by atoms with Gasteiger partial charge in [-0.25, -0.2) is 5.10 Å². The van der Waals surface area contributed by atoms with Crippen molar-refractivity contribution in [2.24, 2.45) is 0 Å². The molecule has 1 atom stereocenters. The van der Waals surface area contributed by atoms with Crippen molar-refractivity contribution in [1.82, 2.24) is 15.2 Å². The Morgan fingerprint density at radius 1 is 1.62 bits per heavy atom. The lowest BCUT2D eigenvalue weighted by atomic mass is 10.3. The molecule has 1 aliphatic rings. The lowest BCUT2D eigenvalue weighted by Crippen LogP contribution is -2.39. The maximum absolute atomic E-state index is 11.6. The Bertz CT molecular complexity index is 361. The van der Waals surface area contributed by atoms with Crippen LogP contribution in [0.3, 0.4) is 0 Å². The summed E-state index contributed by atoms with van der Waals surface area (Å²) in [6, 6.07) is 0.163. The third kappa shape index (κ3) is 2.47. The van der Waals surface area contributed by atoms with Crippen LogP contribution in [0.5, 0.6) is 6.01 Å². The molecule has 8 heteroatoms. The molecular formula is C8H12N4O4. The standard InChI is InChI=1S/C8H12N4O4/c1-14-8-10-7(11-12-8)9-6(13)5-4-15-2-3-16-5/h5H,2-4H2,1H3,(H2,9,10,11,12,13). The Morgan fingerprint density at radius 3 is 3.12 bits per heavy atom. The van der Waals surface area contributed by atoms with Crippen molar-refractivity contribution in [3.8, 4) is 6.01 Å². The average Bonchev–Trinajstić information content (AvgIpc) is 2.78. The maximum Gasteiger partial charge on any atom is 0.336 e. The highest BCUT2D eigenvalue weighted by Crippen LogP contribution is 2.07. The number of aromatic nitrogens is 3. The minimum absolute atomic E-state index is 0.163. The van der Waals surface area contributed by atoms with E-state index in [1.165, 1.54) is 7.11 Å². The van der Waals surface area contributed by atoms with E-state index in [2.05, 4.69) is 20.5 Å². The summed E-state index contributed by atoms with van der Waals surface area (Å²) >= 11 is 0. The predicted octanol–water partition coefficient (Wildman–Crippen LogP) is -0.833. The van der Waals surface area contributed by atoms with Crippen LogP contribution in [0.1, 0.15) is 0 Å². The number of amides is 1. The summed E-state index contributed by atoms with van der Waals surface area (Å²) in [5.41, 5.74) is 0. The molecule has 1 amide bonds. The molecule has 1 aromatic heterocycles. The topological polar surface area (TPSA) is 98.4 Å². The van der Waals surface area contributed by atoms with E-state index in [0.29, 0.717) is 13.2 Å². The largest absolute Gasteiger partial charge is 0.466 e. The number of hydrogen-bond acceptors (Lipinski definition) is 6. The van der Waals surface area contributed by atoms with Gasteiger partial charge >= 0.3 is 6.01 Å². The highest BCUT2D eigenvalue weighted by molar-refractivity contribution is 5.92. The number of rotatable bonds is 3. The van der Waals surface area contributed by atoms with Crippen molar-refractivity contribution in [2.45, 2.75) is 6.10 Å². The van der Waals surface area contributed by atoms with Gasteiger partial charge in [0.05, 0.1) is 26.9 Å². The molecule has 0 aromatic carbocycles. The first-order chi connectivity index (χ1) is 7.79. The van der Waals surface area contributed by atoms with Crippen molar-refractivity contribution < 1.29 is 19.0 Å². The zero-order valence-electron chi connectivity index (χ0n) is 8.73. The molecular weight excluding hydrogens is 216 g/mol. The second-order valence-corrected chi connectivity index (χ2v) is 3.09. The van der Waals surface area contributed by atoms with Crippen LogP contribution in [0.25, 0.3) is 0 Å². The van der Waals surface area contributed by atoms with Gasteiger partial charge in [-0.3, -0.25) is 10.1 Å². The van der Waals surface area contributed by atoms with Gasteiger partial charge in [0, 0.05) is 0 Å². The summed E-state index contributed by atoms with van der Waals surface area (Å²) in [5, 5.41) is 8.71. The van der Waals surface area contributed by atoms with Gasteiger partial charge in [0.1, 0.15) is 0 Å². The van der Waals surface area contributed by atoms with Crippen LogP contribution in [-0.4, -0.2) is 54.1 Å². The highest BCUT2D eigenvalue weighted by atomic mass is 16.6. The second kappa shape index (κ2) is 4.90. The number of nitrogens with zero attached hydrogens (tertiary/aromatic N) is 2. The van der Waals surface area contributed by atoms with E-state index in [9.17, 15) is 4.79 Å². The maximum atomic E-state index is 11.6. The average molecular weight is 228 g/mol. The molecule has 88 valence electrons. The molecule has 1 aliphatic heterocycles. The van der Waals surface area contributed by atoms with Gasteiger partial charge < -0.3 is 14.2 Å². The molecule has 0 saturated carbocycles. The van der Waals surface area contributed by atoms with Gasteiger partial charge in [-0.15, -0.1) is 5.10 Å². The Labute approximate surface area is 91.3 Å². The second-order valence-electron chi connectivity index (χ2n) is 3.09. The lowest BCUT2D eigenvalue weighted by Gasteiger charge is -2.21. The van der Waals surface area contributed by atoms with E-state index in [1.807, 2.05) is 0 Å². The zero-order chi connectivity index (χ0) is 11.4. The van der Waals surface area contributed by atoms with Gasteiger partial charge in [0.2, 0.25) is 5.95 Å². The van der Waals surface area contributed by atoms with Crippen LogP contribution in [0.2, 0.25) is 0 Å². The molecule has 1 aromatic rings. The summed E-state index contributed by atoms with van der Waals surface area (Å²) in [4.78, 5) is 15.5. The first kappa shape index (κ1) is 10.8. The highest BCUT2D eigenvalue weighted by Gasteiger charge is 2.23. The number of anilines is 1. The fourth-order valence-electron chi connectivity index (χ4n) is 1.23. The third-order valence-electron chi connectivity index (χ3n) is 2.00. The van der Waals surface area contributed by atoms with Crippen molar-refractivity contribution in [1.29, 1.82) is 0 Å². The van der Waals surface area contributed by atoms with E-state index in [0.717, 1.165) is 0 Å². The minimum atomic E-state index is -0.607. The van der Waals surface area contributed by atoms with E-state index < -0.39 is 6.10 Å². The monoisotopic (exact) mass is 228 g/mol. The van der Waals surface area contributed by atoms with Crippen LogP contribution in [-0.2, 0) is 14.3 Å². The van der Waals surface area contributed by atoms with Gasteiger partial charge in [-0.1, -0.05) is 0 Å². The fraction of sp³-hybridized carbons (Fsp3) is 0.625. The number of aromatic amines is 1. The fourth-order valence-corrected chi connectivity index (χ4v) is 1.23. The predicted molar refractivity (Wildman–Crippen MR) is 52.1 cm³/mol. The normalized spacial score (nSPS) is 20.4. The van der Waals surface area contributed by atoms with E-state index in [-0.39, 0.29) is 24.5 Å². The van der Waals surface area contributed by atoms with Crippen molar-refractivity contribution in [2.75, 3.05) is 32.2 Å². The number of H-pyrrole nitrogens is 1. The van der Waals surface area contributed by atoms with Crippen LogP contribution in [0.4, 0.5) is 5.95 Å². The quantitative estimate of drug-likeness (QED) is 0.700. The third-order valence-corrected chi connectivity index (χ3v) is 2.00. The zero-order valence-corrected chi connectivity index (χ0v) is 8.73. The molecule has 1 fully saturated rings. The van der Waals surface area contributed by atoms with Crippen molar-refractivity contribution in [3.05, 3.63) is 0 Å². The van der Waals surface area contributed by atoms with Crippen molar-refractivity contribution >= 4 is 11.9 Å². The molecule has 2 heterocycles. The van der Waals surface area contributed by atoms with Crippen LogP contribution >= 0.6 is 0 Å². The Balaban J connectivity index is 1.90. The number of carbonyl (C=O) groups is 1. The van der Waals surface area contributed by atoms with Crippen molar-refractivity contribution in [3.63, 3.8) is 0 Å². The van der Waals surface area contributed by atoms with E-state index in [4.69, 9.17) is 14.2 Å². The van der Waals surface area contributed by atoms with E-state index >= 15 is 0 Å². The Morgan fingerprint density at radius 2 is 2.50 bits per heavy atom. The Hall–Kier alpha value is -1.67. The van der Waals surface area contributed by atoms with Gasteiger partial charge in [0.15, 0.2) is 6.10 Å². The van der Waals surface area contributed by atoms with Gasteiger partial charge in [-0.05, 0) is 0 Å². The molecule has 0 bridgehead atoms. The summed E-state index contributed by atoms with van der Waals surface area (Å²) in [6.45, 7) is 1.18. The molecule has 1 saturated heterocycles. The first-order valence-electron chi connectivity index (χ1n) is 4.76. The number of ether oxygens (including phenoxy) is 3. The number of hydrogen-bond donors (Lipinski definition) is 2. The molecule has 16 heavy (non-hydrogen) atoms. The molecule has 2 N–H and O–H groups in total. The molecule has 8 nitrogen and oxygen atoms in total. The number of methoxy groups -OCH3 is 1. The summed E-state index contributed by atoms with van der Waals surface area (Å²) in [6.07, 6.45) is -0.607. The summed E-state index contributed by atoms with van der Waals surface area (Å²) in [7, 11) is 1.44. The summed E-state index contributed by atoms with van der Waals surface area (Å²) < 4.78 is 15.1. The Kier molecular flexibility index (Phi) is 3.32. The van der Waals surface area contributed by atoms with Gasteiger partial charge in [0.25, 0.3) is 5.91 Å². The van der Waals surface area contributed by atoms with Crippen LogP contribution < -0.4 is 10.1 Å². The molecule has 0 aliphatic carbocycles. The van der Waals surface area contributed by atoms with Gasteiger partial charge in [-0.2, -0.15) is 4.98 Å². The van der Waals surface area contributed by atoms with Crippen LogP contribution in [0.15, 0.2) is 0 Å². The van der Waals surface area contributed by atoms with E-state index in [1.54, 1.807) is 0 Å². The number of carbonyl (C=O) groups excluding carboxylic acids is 1. The first-order valence-corrected chi connectivity index (χ1v) is 4.76. The smallest absolute Gasteiger partial charge is 0.336 e. The molecule has 0 radical (unpaired) electrons.